The largest absolute Gasteiger partial charge is 0.378 e. The molecular formula is C22H27N5O3S. The number of pyridine rings is 1. The summed E-state index contributed by atoms with van der Waals surface area (Å²) < 4.78 is 33.8. The van der Waals surface area contributed by atoms with Gasteiger partial charge in [-0.25, -0.2) is 18.1 Å². The molecule has 0 atom stereocenters. The maximum absolute atomic E-state index is 12.8. The molecular weight excluding hydrogens is 414 g/mol. The van der Waals surface area contributed by atoms with Crippen LogP contribution in [0.3, 0.4) is 0 Å². The van der Waals surface area contributed by atoms with Crippen LogP contribution in [0.1, 0.15) is 24.0 Å². The molecule has 1 aromatic heterocycles. The molecule has 1 N–H and O–H groups in total. The lowest BCUT2D eigenvalue weighted by atomic mass is 10.0. The minimum Gasteiger partial charge on any atom is -0.378 e. The number of anilines is 1. The minimum absolute atomic E-state index is 0.0920. The van der Waals surface area contributed by atoms with Gasteiger partial charge in [-0.05, 0) is 42.7 Å². The first-order valence-electron chi connectivity index (χ1n) is 10.6. The van der Waals surface area contributed by atoms with Gasteiger partial charge in [0.1, 0.15) is 10.7 Å². The van der Waals surface area contributed by atoms with E-state index < -0.39 is 10.0 Å². The Hall–Kier alpha value is -2.51. The van der Waals surface area contributed by atoms with E-state index in [4.69, 9.17) is 10.00 Å². The Labute approximate surface area is 183 Å². The van der Waals surface area contributed by atoms with Crippen LogP contribution in [0.4, 0.5) is 5.82 Å². The molecule has 0 saturated carbocycles. The number of aromatic nitrogens is 1. The molecule has 0 aliphatic carbocycles. The highest BCUT2D eigenvalue weighted by Gasteiger charge is 2.25. The van der Waals surface area contributed by atoms with E-state index in [1.54, 1.807) is 18.2 Å². The van der Waals surface area contributed by atoms with Gasteiger partial charge in [-0.1, -0.05) is 12.1 Å². The van der Waals surface area contributed by atoms with Crippen LogP contribution in [-0.2, 0) is 21.3 Å². The molecule has 0 amide bonds. The summed E-state index contributed by atoms with van der Waals surface area (Å²) in [6.07, 6.45) is 2.93. The highest BCUT2D eigenvalue weighted by atomic mass is 32.2. The SMILES string of the molecule is N#Cc1cccc(CN2CCC(NS(=O)(=O)c3ccc(N4CCOCC4)nc3)CC2)c1. The van der Waals surface area contributed by atoms with Gasteiger partial charge in [0.25, 0.3) is 0 Å². The van der Waals surface area contributed by atoms with E-state index in [1.807, 2.05) is 18.2 Å². The fraction of sp³-hybridized carbons (Fsp3) is 0.455. The molecule has 8 nitrogen and oxygen atoms in total. The van der Waals surface area contributed by atoms with Gasteiger partial charge in [0, 0.05) is 45.0 Å². The number of nitrogens with zero attached hydrogens (tertiary/aromatic N) is 4. The molecule has 0 spiro atoms. The third kappa shape index (κ3) is 5.60. The summed E-state index contributed by atoms with van der Waals surface area (Å²) in [4.78, 5) is 8.93. The zero-order chi connectivity index (χ0) is 21.7. The number of nitrogens with one attached hydrogen (secondary N) is 1. The fourth-order valence-electron chi connectivity index (χ4n) is 4.00. The van der Waals surface area contributed by atoms with E-state index in [0.29, 0.717) is 18.8 Å². The number of benzene rings is 1. The third-order valence-corrected chi connectivity index (χ3v) is 7.24. The first kappa shape index (κ1) is 21.7. The van der Waals surface area contributed by atoms with Crippen molar-refractivity contribution < 1.29 is 13.2 Å². The van der Waals surface area contributed by atoms with Gasteiger partial charge in [-0.2, -0.15) is 5.26 Å². The van der Waals surface area contributed by atoms with Crippen LogP contribution in [-0.4, -0.2) is 63.7 Å². The predicted molar refractivity (Wildman–Crippen MR) is 117 cm³/mol. The minimum atomic E-state index is -3.60. The van der Waals surface area contributed by atoms with Gasteiger partial charge in [-0.3, -0.25) is 4.90 Å². The van der Waals surface area contributed by atoms with E-state index in [-0.39, 0.29) is 10.9 Å². The van der Waals surface area contributed by atoms with Gasteiger partial charge in [0.2, 0.25) is 10.0 Å². The number of ether oxygens (including phenoxy) is 1. The lowest BCUT2D eigenvalue weighted by Crippen LogP contribution is -2.44. The second kappa shape index (κ2) is 9.75. The summed E-state index contributed by atoms with van der Waals surface area (Å²) in [6.45, 7) is 5.21. The molecule has 0 radical (unpaired) electrons. The van der Waals surface area contributed by atoms with E-state index in [1.165, 1.54) is 6.20 Å². The maximum atomic E-state index is 12.8. The number of morpholine rings is 1. The average molecular weight is 442 g/mol. The molecule has 2 fully saturated rings. The van der Waals surface area contributed by atoms with Gasteiger partial charge in [-0.15, -0.1) is 0 Å². The van der Waals surface area contributed by atoms with E-state index in [0.717, 1.165) is 56.9 Å². The Balaban J connectivity index is 1.30. The molecule has 9 heteroatoms. The van der Waals surface area contributed by atoms with Crippen LogP contribution >= 0.6 is 0 Å². The molecule has 0 bridgehead atoms. The summed E-state index contributed by atoms with van der Waals surface area (Å²) in [5, 5.41) is 9.05. The Kier molecular flexibility index (Phi) is 6.83. The summed E-state index contributed by atoms with van der Waals surface area (Å²) in [7, 11) is -3.60. The van der Waals surface area contributed by atoms with Crippen molar-refractivity contribution in [1.82, 2.24) is 14.6 Å². The predicted octanol–water partition coefficient (Wildman–Crippen LogP) is 1.73. The third-order valence-electron chi connectivity index (χ3n) is 5.74. The van der Waals surface area contributed by atoms with Crippen molar-refractivity contribution in [3.05, 3.63) is 53.7 Å². The first-order valence-corrected chi connectivity index (χ1v) is 12.0. The zero-order valence-corrected chi connectivity index (χ0v) is 18.2. The number of rotatable bonds is 6. The molecule has 31 heavy (non-hydrogen) atoms. The zero-order valence-electron chi connectivity index (χ0n) is 17.4. The molecule has 0 unspecified atom stereocenters. The van der Waals surface area contributed by atoms with Gasteiger partial charge in [0.05, 0.1) is 24.8 Å². The van der Waals surface area contributed by atoms with Crippen molar-refractivity contribution in [2.75, 3.05) is 44.3 Å². The number of nitriles is 1. The van der Waals surface area contributed by atoms with Crippen molar-refractivity contribution in [3.8, 4) is 6.07 Å². The van der Waals surface area contributed by atoms with E-state index >= 15 is 0 Å². The van der Waals surface area contributed by atoms with Crippen molar-refractivity contribution in [2.24, 2.45) is 0 Å². The van der Waals surface area contributed by atoms with Crippen molar-refractivity contribution in [2.45, 2.75) is 30.3 Å². The van der Waals surface area contributed by atoms with E-state index in [9.17, 15) is 8.42 Å². The van der Waals surface area contributed by atoms with Gasteiger partial charge < -0.3 is 9.64 Å². The summed E-state index contributed by atoms with van der Waals surface area (Å²) in [5.41, 5.74) is 1.76. The van der Waals surface area contributed by atoms with Crippen LogP contribution in [0.15, 0.2) is 47.5 Å². The lowest BCUT2D eigenvalue weighted by molar-refractivity contribution is 0.122. The molecule has 2 saturated heterocycles. The Morgan fingerprint density at radius 1 is 1.13 bits per heavy atom. The molecule has 2 aromatic rings. The lowest BCUT2D eigenvalue weighted by Gasteiger charge is -2.32. The number of likely N-dealkylation sites (tertiary alicyclic amines) is 1. The molecule has 4 rings (SSSR count). The molecule has 1 aromatic carbocycles. The highest BCUT2D eigenvalue weighted by Crippen LogP contribution is 2.19. The van der Waals surface area contributed by atoms with E-state index in [2.05, 4.69) is 25.6 Å². The fourth-order valence-corrected chi connectivity index (χ4v) is 5.25. The van der Waals surface area contributed by atoms with Crippen LogP contribution in [0.2, 0.25) is 0 Å². The van der Waals surface area contributed by atoms with Crippen LogP contribution in [0, 0.1) is 11.3 Å². The average Bonchev–Trinajstić information content (AvgIpc) is 2.81. The Morgan fingerprint density at radius 3 is 2.58 bits per heavy atom. The number of hydrogen-bond donors (Lipinski definition) is 1. The van der Waals surface area contributed by atoms with Crippen LogP contribution in [0.25, 0.3) is 0 Å². The topological polar surface area (TPSA) is 98.6 Å². The molecule has 3 heterocycles. The molecule has 2 aliphatic heterocycles. The summed E-state index contributed by atoms with van der Waals surface area (Å²) in [6, 6.07) is 13.1. The molecule has 164 valence electrons. The smallest absolute Gasteiger partial charge is 0.242 e. The highest BCUT2D eigenvalue weighted by molar-refractivity contribution is 7.89. The number of hydrogen-bond acceptors (Lipinski definition) is 7. The van der Waals surface area contributed by atoms with Crippen molar-refractivity contribution in [3.63, 3.8) is 0 Å². The summed E-state index contributed by atoms with van der Waals surface area (Å²) in [5.74, 6) is 0.774. The monoisotopic (exact) mass is 441 g/mol. The van der Waals surface area contributed by atoms with Gasteiger partial charge >= 0.3 is 0 Å². The normalized spacial score (nSPS) is 18.6. The van der Waals surface area contributed by atoms with Crippen LogP contribution < -0.4 is 9.62 Å². The quantitative estimate of drug-likeness (QED) is 0.729. The summed E-state index contributed by atoms with van der Waals surface area (Å²) >= 11 is 0. The number of sulfonamides is 1. The van der Waals surface area contributed by atoms with Crippen molar-refractivity contribution >= 4 is 15.8 Å². The Morgan fingerprint density at radius 2 is 1.90 bits per heavy atom. The first-order chi connectivity index (χ1) is 15.0. The van der Waals surface area contributed by atoms with Crippen LogP contribution in [0.5, 0.6) is 0 Å². The van der Waals surface area contributed by atoms with Gasteiger partial charge in [0.15, 0.2) is 0 Å². The number of piperidine rings is 1. The maximum Gasteiger partial charge on any atom is 0.242 e. The molecule has 2 aliphatic rings. The Bertz CT molecular complexity index is 1020. The van der Waals surface area contributed by atoms with Crippen molar-refractivity contribution in [1.29, 1.82) is 5.26 Å². The standard InChI is InChI=1S/C22H27N5O3S/c23-15-18-2-1-3-19(14-18)17-26-8-6-20(7-9-26)25-31(28,29)21-4-5-22(24-16-21)27-10-12-30-13-11-27/h1-5,14,16,20,25H,6-13,17H2. The second-order valence-corrected chi connectivity index (χ2v) is 9.65. The second-order valence-electron chi connectivity index (χ2n) is 7.94.